The van der Waals surface area contributed by atoms with Crippen LogP contribution in [0.2, 0.25) is 0 Å². The van der Waals surface area contributed by atoms with E-state index in [4.69, 9.17) is 8.85 Å². The summed E-state index contributed by atoms with van der Waals surface area (Å²) in [7, 11) is 1.84. The number of rotatable bonds is 5. The third kappa shape index (κ3) is 3.58. The molecule has 0 unspecified atom stereocenters. The van der Waals surface area contributed by atoms with E-state index in [1.807, 2.05) is 30.7 Å². The van der Waals surface area contributed by atoms with Crippen LogP contribution in [-0.2, 0) is 18.4 Å². The average molecular weight is 421 g/mol. The molecule has 1 aliphatic heterocycles. The maximum Gasteiger partial charge on any atom is 0.254 e. The summed E-state index contributed by atoms with van der Waals surface area (Å²) in [4.78, 5) is 29.0. The second kappa shape index (κ2) is 7.42. The predicted molar refractivity (Wildman–Crippen MR) is 115 cm³/mol. The number of aryl methyl sites for hydroxylation is 1. The third-order valence-electron chi connectivity index (χ3n) is 5.28. The number of aromatic nitrogens is 3. The first-order chi connectivity index (χ1) is 16.2. The molecule has 3 heterocycles. The Morgan fingerprint density at radius 1 is 1.29 bits per heavy atom. The molecule has 5 rings (SSSR count). The molecule has 3 N–H and O–H groups in total. The minimum atomic E-state index is -2.67. The normalized spacial score (nSPS) is 16.0. The van der Waals surface area contributed by atoms with Crippen molar-refractivity contribution >= 4 is 29.0 Å². The third-order valence-corrected chi connectivity index (χ3v) is 5.28. The van der Waals surface area contributed by atoms with Crippen LogP contribution in [0.5, 0.6) is 5.75 Å². The van der Waals surface area contributed by atoms with Gasteiger partial charge in [0, 0.05) is 53.6 Å². The lowest BCUT2D eigenvalue weighted by atomic mass is 10.0. The minimum absolute atomic E-state index is 0.00693. The predicted octanol–water partition coefficient (Wildman–Crippen LogP) is 2.83. The maximum absolute atomic E-state index is 12.7. The van der Waals surface area contributed by atoms with Crippen molar-refractivity contribution in [3.8, 4) is 17.0 Å². The number of benzene rings is 1. The van der Waals surface area contributed by atoms with E-state index in [9.17, 15) is 9.59 Å². The Morgan fingerprint density at radius 3 is 2.97 bits per heavy atom. The van der Waals surface area contributed by atoms with Gasteiger partial charge >= 0.3 is 0 Å². The van der Waals surface area contributed by atoms with Gasteiger partial charge in [0.05, 0.1) is 16.9 Å². The number of hydrogen-bond donors (Lipinski definition) is 3. The largest absolute Gasteiger partial charge is 0.486 e. The van der Waals surface area contributed by atoms with Crippen LogP contribution in [0.4, 0.5) is 17.2 Å². The van der Waals surface area contributed by atoms with Gasteiger partial charge in [-0.25, -0.2) is 4.98 Å². The van der Waals surface area contributed by atoms with Crippen LogP contribution >= 0.6 is 0 Å². The lowest BCUT2D eigenvalue weighted by Gasteiger charge is -2.21. The molecule has 2 amide bonds. The SMILES string of the molecule is [2H]C([2H])([2H])NC(=O)c1cnc(NC(=O)C2CC2)cc1Nc1cccc2c1OCc1cn(C)nc1-2. The molecule has 1 saturated carbocycles. The highest BCUT2D eigenvalue weighted by atomic mass is 16.5. The molecule has 0 radical (unpaired) electrons. The van der Waals surface area contributed by atoms with Crippen molar-refractivity contribution in [1.29, 1.82) is 0 Å². The summed E-state index contributed by atoms with van der Waals surface area (Å²) in [5, 5.41) is 12.4. The first-order valence-electron chi connectivity index (χ1n) is 11.4. The van der Waals surface area contributed by atoms with Gasteiger partial charge in [-0.05, 0) is 25.0 Å². The summed E-state index contributed by atoms with van der Waals surface area (Å²) in [5.41, 5.74) is 3.39. The molecular formula is C22H22N6O3. The molecule has 0 atom stereocenters. The molecule has 31 heavy (non-hydrogen) atoms. The second-order valence-electron chi connectivity index (χ2n) is 7.61. The minimum Gasteiger partial charge on any atom is -0.486 e. The maximum atomic E-state index is 12.7. The van der Waals surface area contributed by atoms with Gasteiger partial charge in [-0.15, -0.1) is 0 Å². The molecular weight excluding hydrogens is 396 g/mol. The topological polar surface area (TPSA) is 110 Å². The monoisotopic (exact) mass is 421 g/mol. The van der Waals surface area contributed by atoms with Gasteiger partial charge in [-0.3, -0.25) is 14.3 Å². The van der Waals surface area contributed by atoms with E-state index >= 15 is 0 Å². The van der Waals surface area contributed by atoms with Crippen LogP contribution in [-0.4, -0.2) is 33.6 Å². The fraction of sp³-hybridized carbons (Fsp3) is 0.273. The van der Waals surface area contributed by atoms with E-state index in [0.717, 1.165) is 29.7 Å². The van der Waals surface area contributed by atoms with E-state index in [0.29, 0.717) is 18.0 Å². The molecule has 1 aliphatic carbocycles. The number of carbonyl (C=O) groups excluding carboxylic acids is 2. The van der Waals surface area contributed by atoms with E-state index in [-0.39, 0.29) is 28.9 Å². The first-order valence-corrected chi connectivity index (χ1v) is 9.87. The fourth-order valence-electron chi connectivity index (χ4n) is 3.59. The highest BCUT2D eigenvalue weighted by molar-refractivity contribution is 6.01. The smallest absolute Gasteiger partial charge is 0.254 e. The zero-order valence-electron chi connectivity index (χ0n) is 19.7. The van der Waals surface area contributed by atoms with Crippen LogP contribution < -0.4 is 20.7 Å². The molecule has 0 saturated heterocycles. The molecule has 1 fully saturated rings. The number of nitrogens with one attached hydrogen (secondary N) is 3. The van der Waals surface area contributed by atoms with E-state index in [1.54, 1.807) is 10.7 Å². The number of nitrogens with zero attached hydrogens (tertiary/aromatic N) is 3. The van der Waals surface area contributed by atoms with Crippen molar-refractivity contribution in [3.05, 3.63) is 47.8 Å². The molecule has 1 aromatic carbocycles. The Kier molecular flexibility index (Phi) is 3.81. The van der Waals surface area contributed by atoms with Gasteiger partial charge in [0.2, 0.25) is 5.91 Å². The van der Waals surface area contributed by atoms with E-state index < -0.39 is 12.9 Å². The Balaban J connectivity index is 1.52. The van der Waals surface area contributed by atoms with Crippen molar-refractivity contribution < 1.29 is 18.4 Å². The zero-order valence-corrected chi connectivity index (χ0v) is 16.7. The number of amides is 2. The quantitative estimate of drug-likeness (QED) is 0.584. The lowest BCUT2D eigenvalue weighted by molar-refractivity contribution is -0.117. The second-order valence-corrected chi connectivity index (χ2v) is 7.61. The van der Waals surface area contributed by atoms with E-state index in [1.165, 1.54) is 12.3 Å². The highest BCUT2D eigenvalue weighted by Gasteiger charge is 2.30. The molecule has 158 valence electrons. The lowest BCUT2D eigenvalue weighted by Crippen LogP contribution is -2.20. The van der Waals surface area contributed by atoms with Crippen LogP contribution in [0.1, 0.15) is 32.9 Å². The van der Waals surface area contributed by atoms with Gasteiger partial charge in [-0.2, -0.15) is 5.10 Å². The van der Waals surface area contributed by atoms with Crippen LogP contribution in [0.3, 0.4) is 0 Å². The van der Waals surface area contributed by atoms with Gasteiger partial charge in [0.15, 0.2) is 5.75 Å². The highest BCUT2D eigenvalue weighted by Crippen LogP contribution is 2.42. The van der Waals surface area contributed by atoms with Crippen LogP contribution in [0, 0.1) is 5.92 Å². The molecule has 9 heteroatoms. The van der Waals surface area contributed by atoms with Crippen molar-refractivity contribution in [2.45, 2.75) is 19.4 Å². The van der Waals surface area contributed by atoms with Gasteiger partial charge in [0.1, 0.15) is 18.1 Å². The summed E-state index contributed by atoms with van der Waals surface area (Å²) in [6, 6.07) is 7.00. The zero-order chi connectivity index (χ0) is 24.0. The molecule has 2 aromatic heterocycles. The standard InChI is InChI=1S/C22H22N6O3/c1-23-22(30)15-9-24-18(26-21(29)12-6-7-12)8-17(15)25-16-5-3-4-14-19-13(10-28(2)27-19)11-31-20(14)16/h3-5,8-10,12H,6-7,11H2,1-2H3,(H,23,30)(H2,24,25,26,29)/i1D3. The Morgan fingerprint density at radius 2 is 2.16 bits per heavy atom. The van der Waals surface area contributed by atoms with Crippen molar-refractivity contribution in [3.63, 3.8) is 0 Å². The van der Waals surface area contributed by atoms with Crippen molar-refractivity contribution in [2.75, 3.05) is 17.6 Å². The summed E-state index contributed by atoms with van der Waals surface area (Å²) in [6.45, 7) is -2.34. The first kappa shape index (κ1) is 15.9. The number of pyridine rings is 1. The molecule has 3 aromatic rings. The molecule has 0 bridgehead atoms. The molecule has 0 spiro atoms. The number of fused-ring (bicyclic) bond motifs is 3. The van der Waals surface area contributed by atoms with Gasteiger partial charge < -0.3 is 20.7 Å². The molecule has 2 aliphatic rings. The van der Waals surface area contributed by atoms with Crippen LogP contribution in [0.15, 0.2) is 36.7 Å². The number of anilines is 3. The number of hydrogen-bond acceptors (Lipinski definition) is 6. The Hall–Kier alpha value is -3.88. The average Bonchev–Trinajstić information content (AvgIpc) is 3.54. The summed E-state index contributed by atoms with van der Waals surface area (Å²) < 4.78 is 29.8. The Bertz CT molecular complexity index is 1300. The Labute approximate surface area is 183 Å². The number of carbonyl (C=O) groups is 2. The van der Waals surface area contributed by atoms with E-state index in [2.05, 4.69) is 20.7 Å². The van der Waals surface area contributed by atoms with Gasteiger partial charge in [-0.1, -0.05) is 6.07 Å². The van der Waals surface area contributed by atoms with Gasteiger partial charge in [0.25, 0.3) is 5.91 Å². The fourth-order valence-corrected chi connectivity index (χ4v) is 3.59. The summed E-state index contributed by atoms with van der Waals surface area (Å²) in [5.74, 6) is -0.188. The molecule has 9 nitrogen and oxygen atoms in total. The summed E-state index contributed by atoms with van der Waals surface area (Å²) in [6.07, 6.45) is 4.80. The number of para-hydroxylation sites is 1. The van der Waals surface area contributed by atoms with Crippen molar-refractivity contribution in [1.82, 2.24) is 20.1 Å². The van der Waals surface area contributed by atoms with Crippen LogP contribution in [0.25, 0.3) is 11.3 Å². The number of ether oxygens (including phenoxy) is 1. The van der Waals surface area contributed by atoms with Crippen molar-refractivity contribution in [2.24, 2.45) is 13.0 Å². The summed E-state index contributed by atoms with van der Waals surface area (Å²) >= 11 is 0.